The van der Waals surface area contributed by atoms with Crippen LogP contribution >= 0.6 is 11.3 Å². The molecule has 3 aromatic rings. The van der Waals surface area contributed by atoms with E-state index in [4.69, 9.17) is 4.74 Å². The Bertz CT molecular complexity index is 766. The highest BCUT2D eigenvalue weighted by molar-refractivity contribution is 7.13. The van der Waals surface area contributed by atoms with Crippen molar-refractivity contribution < 1.29 is 4.74 Å². The first-order valence-electron chi connectivity index (χ1n) is 7.20. The molecule has 0 aliphatic rings. The summed E-state index contributed by atoms with van der Waals surface area (Å²) < 4.78 is 7.81. The summed E-state index contributed by atoms with van der Waals surface area (Å²) in [5, 5.41) is 6.97. The van der Waals surface area contributed by atoms with Gasteiger partial charge in [0.15, 0.2) is 0 Å². The van der Waals surface area contributed by atoms with Crippen molar-refractivity contribution in [1.82, 2.24) is 14.5 Å². The highest BCUT2D eigenvalue weighted by atomic mass is 32.1. The second kappa shape index (κ2) is 7.55. The molecule has 0 amide bonds. The Morgan fingerprint density at radius 1 is 1.39 bits per heavy atom. The van der Waals surface area contributed by atoms with Gasteiger partial charge < -0.3 is 9.30 Å². The predicted molar refractivity (Wildman–Crippen MR) is 92.2 cm³/mol. The van der Waals surface area contributed by atoms with E-state index in [0.29, 0.717) is 6.61 Å². The maximum atomic E-state index is 5.84. The van der Waals surface area contributed by atoms with Gasteiger partial charge in [-0.3, -0.25) is 5.43 Å². The zero-order chi connectivity index (χ0) is 15.9. The molecule has 0 atom stereocenters. The van der Waals surface area contributed by atoms with Gasteiger partial charge in [0.05, 0.1) is 24.8 Å². The maximum absolute atomic E-state index is 5.84. The summed E-state index contributed by atoms with van der Waals surface area (Å²) in [4.78, 5) is 8.31. The van der Waals surface area contributed by atoms with E-state index in [1.54, 1.807) is 18.7 Å². The molecule has 0 spiro atoms. The number of thiazole rings is 1. The molecule has 0 aliphatic heterocycles. The van der Waals surface area contributed by atoms with Gasteiger partial charge >= 0.3 is 0 Å². The van der Waals surface area contributed by atoms with Gasteiger partial charge in [0.25, 0.3) is 0 Å². The number of anilines is 1. The third kappa shape index (κ3) is 4.40. The van der Waals surface area contributed by atoms with Gasteiger partial charge in [-0.25, -0.2) is 9.97 Å². The topological polar surface area (TPSA) is 64.3 Å². The van der Waals surface area contributed by atoms with Crippen LogP contribution in [-0.4, -0.2) is 27.4 Å². The smallest absolute Gasteiger partial charge is 0.203 e. The van der Waals surface area contributed by atoms with Crippen molar-refractivity contribution in [2.24, 2.45) is 5.10 Å². The molecule has 0 bridgehead atoms. The SMILES string of the molecule is Cc1csc(NN=Cc2ccccc2OCCn2ccnc2)n1. The summed E-state index contributed by atoms with van der Waals surface area (Å²) in [6, 6.07) is 7.80. The molecule has 0 fully saturated rings. The zero-order valence-electron chi connectivity index (χ0n) is 12.7. The molecular formula is C16H17N5OS. The lowest BCUT2D eigenvalue weighted by atomic mass is 10.2. The maximum Gasteiger partial charge on any atom is 0.203 e. The molecule has 3 rings (SSSR count). The summed E-state index contributed by atoms with van der Waals surface area (Å²) in [6.45, 7) is 3.28. The molecule has 2 aromatic heterocycles. The number of benzene rings is 1. The first-order chi connectivity index (χ1) is 11.3. The standard InChI is InChI=1S/C16H17N5OS/c1-13-11-23-16(19-13)20-18-10-14-4-2-3-5-15(14)22-9-8-21-7-6-17-12-21/h2-7,10-12H,8-9H2,1H3,(H,19,20). The van der Waals surface area contributed by atoms with Crippen LogP contribution < -0.4 is 10.2 Å². The van der Waals surface area contributed by atoms with Crippen molar-refractivity contribution >= 4 is 22.7 Å². The normalized spacial score (nSPS) is 11.0. The molecule has 0 saturated carbocycles. The van der Waals surface area contributed by atoms with Crippen LogP contribution in [0, 0.1) is 6.92 Å². The van der Waals surface area contributed by atoms with Crippen LogP contribution in [0.3, 0.4) is 0 Å². The molecular weight excluding hydrogens is 310 g/mol. The van der Waals surface area contributed by atoms with Crippen molar-refractivity contribution in [3.63, 3.8) is 0 Å². The first kappa shape index (κ1) is 15.2. The molecule has 2 heterocycles. The van der Waals surface area contributed by atoms with Crippen LogP contribution in [0.2, 0.25) is 0 Å². The van der Waals surface area contributed by atoms with E-state index < -0.39 is 0 Å². The Hall–Kier alpha value is -2.67. The Kier molecular flexibility index (Phi) is 5.00. The predicted octanol–water partition coefficient (Wildman–Crippen LogP) is 3.17. The van der Waals surface area contributed by atoms with E-state index in [9.17, 15) is 0 Å². The van der Waals surface area contributed by atoms with Gasteiger partial charge in [0.2, 0.25) is 5.13 Å². The van der Waals surface area contributed by atoms with Crippen LogP contribution in [0.5, 0.6) is 5.75 Å². The summed E-state index contributed by atoms with van der Waals surface area (Å²) in [5.74, 6) is 0.800. The summed E-state index contributed by atoms with van der Waals surface area (Å²) in [5.41, 5.74) is 4.83. The van der Waals surface area contributed by atoms with Gasteiger partial charge in [-0.05, 0) is 19.1 Å². The fourth-order valence-electron chi connectivity index (χ4n) is 1.96. The van der Waals surface area contributed by atoms with Crippen molar-refractivity contribution in [3.8, 4) is 5.75 Å². The number of nitrogens with zero attached hydrogens (tertiary/aromatic N) is 4. The summed E-state index contributed by atoms with van der Waals surface area (Å²) >= 11 is 1.53. The second-order valence-corrected chi connectivity index (χ2v) is 5.71. The molecule has 1 N–H and O–H groups in total. The summed E-state index contributed by atoms with van der Waals surface area (Å²) in [7, 11) is 0. The average molecular weight is 327 g/mol. The molecule has 0 radical (unpaired) electrons. The fourth-order valence-corrected chi connectivity index (χ4v) is 2.60. The minimum absolute atomic E-state index is 0.570. The lowest BCUT2D eigenvalue weighted by Gasteiger charge is -2.09. The first-order valence-corrected chi connectivity index (χ1v) is 8.08. The van der Waals surface area contributed by atoms with Crippen LogP contribution in [0.4, 0.5) is 5.13 Å². The Morgan fingerprint density at radius 2 is 2.30 bits per heavy atom. The molecule has 6 nitrogen and oxygen atoms in total. The van der Waals surface area contributed by atoms with E-state index >= 15 is 0 Å². The number of hydrogen-bond acceptors (Lipinski definition) is 6. The lowest BCUT2D eigenvalue weighted by molar-refractivity contribution is 0.298. The van der Waals surface area contributed by atoms with Gasteiger partial charge in [-0.2, -0.15) is 5.10 Å². The van der Waals surface area contributed by atoms with Gasteiger partial charge in [-0.15, -0.1) is 11.3 Å². The molecule has 118 valence electrons. The average Bonchev–Trinajstić information content (AvgIpc) is 3.21. The molecule has 0 saturated heterocycles. The minimum Gasteiger partial charge on any atom is -0.491 e. The zero-order valence-corrected chi connectivity index (χ0v) is 13.5. The number of imidazole rings is 1. The number of ether oxygens (including phenoxy) is 1. The molecule has 23 heavy (non-hydrogen) atoms. The van der Waals surface area contributed by atoms with E-state index in [1.807, 2.05) is 47.3 Å². The van der Waals surface area contributed by atoms with Crippen LogP contribution in [0.25, 0.3) is 0 Å². The van der Waals surface area contributed by atoms with Crippen molar-refractivity contribution in [2.45, 2.75) is 13.5 Å². The Balaban J connectivity index is 1.58. The number of nitrogens with one attached hydrogen (secondary N) is 1. The highest BCUT2D eigenvalue weighted by Gasteiger charge is 2.01. The summed E-state index contributed by atoms with van der Waals surface area (Å²) in [6.07, 6.45) is 7.18. The van der Waals surface area contributed by atoms with E-state index in [2.05, 4.69) is 20.5 Å². The minimum atomic E-state index is 0.570. The van der Waals surface area contributed by atoms with Gasteiger partial charge in [0, 0.05) is 23.3 Å². The van der Waals surface area contributed by atoms with E-state index in [1.165, 1.54) is 11.3 Å². The van der Waals surface area contributed by atoms with Crippen molar-refractivity contribution in [3.05, 3.63) is 59.6 Å². The monoisotopic (exact) mass is 327 g/mol. The van der Waals surface area contributed by atoms with Crippen LogP contribution in [0.15, 0.2) is 53.5 Å². The number of hydrazone groups is 1. The van der Waals surface area contributed by atoms with Crippen LogP contribution in [-0.2, 0) is 6.54 Å². The second-order valence-electron chi connectivity index (χ2n) is 4.85. The van der Waals surface area contributed by atoms with E-state index in [0.717, 1.165) is 28.7 Å². The molecule has 1 aromatic carbocycles. The Morgan fingerprint density at radius 3 is 3.09 bits per heavy atom. The number of rotatable bonds is 7. The van der Waals surface area contributed by atoms with Gasteiger partial charge in [-0.1, -0.05) is 12.1 Å². The van der Waals surface area contributed by atoms with Crippen molar-refractivity contribution in [1.29, 1.82) is 0 Å². The van der Waals surface area contributed by atoms with Crippen molar-refractivity contribution in [2.75, 3.05) is 12.0 Å². The van der Waals surface area contributed by atoms with Crippen LogP contribution in [0.1, 0.15) is 11.3 Å². The number of para-hydroxylation sites is 1. The number of hydrogen-bond donors (Lipinski definition) is 1. The largest absolute Gasteiger partial charge is 0.491 e. The molecule has 7 heteroatoms. The van der Waals surface area contributed by atoms with E-state index in [-0.39, 0.29) is 0 Å². The third-order valence-electron chi connectivity index (χ3n) is 3.07. The fraction of sp³-hybridized carbons (Fsp3) is 0.188. The molecule has 0 aliphatic carbocycles. The quantitative estimate of drug-likeness (QED) is 0.535. The lowest BCUT2D eigenvalue weighted by Crippen LogP contribution is -2.07. The number of aromatic nitrogens is 3. The highest BCUT2D eigenvalue weighted by Crippen LogP contribution is 2.17. The molecule has 0 unspecified atom stereocenters. The van der Waals surface area contributed by atoms with Gasteiger partial charge in [0.1, 0.15) is 12.4 Å². The third-order valence-corrected chi connectivity index (χ3v) is 3.93. The Labute approximate surface area is 138 Å². The number of aryl methyl sites for hydroxylation is 1.